The van der Waals surface area contributed by atoms with Crippen molar-refractivity contribution in [3.8, 4) is 0 Å². The molecule has 0 aliphatic carbocycles. The van der Waals surface area contributed by atoms with E-state index in [0.29, 0.717) is 16.2 Å². The zero-order chi connectivity index (χ0) is 11.7. The smallest absolute Gasteiger partial charge is 0.478 e. The normalized spacial score (nSPS) is 10.4. The van der Waals surface area contributed by atoms with Gasteiger partial charge in [-0.05, 0) is 22.3 Å². The summed E-state index contributed by atoms with van der Waals surface area (Å²) in [6, 6.07) is 9.53. The lowest BCUT2D eigenvalue weighted by atomic mass is 9.76. The van der Waals surface area contributed by atoms with Crippen molar-refractivity contribution in [3.63, 3.8) is 0 Å². The first-order valence-electron chi connectivity index (χ1n) is 4.72. The molecule has 0 spiro atoms. The Balaban J connectivity index is 2.82. The highest BCUT2D eigenvalue weighted by molar-refractivity contribution is 6.62. The summed E-state index contributed by atoms with van der Waals surface area (Å²) in [5, 5.41) is 28.3. The molecule has 0 aliphatic heterocycles. The number of carbonyl (C=O) groups is 1. The lowest BCUT2D eigenvalue weighted by molar-refractivity contribution is 0.0699. The molecule has 0 saturated heterocycles. The van der Waals surface area contributed by atoms with Gasteiger partial charge in [-0.3, -0.25) is 0 Å². The predicted octanol–water partition coefficient (Wildman–Crippen LogP) is 0.218. The molecule has 16 heavy (non-hydrogen) atoms. The van der Waals surface area contributed by atoms with Crippen molar-refractivity contribution in [2.45, 2.75) is 0 Å². The molecule has 0 unspecified atom stereocenters. The molecule has 0 fully saturated rings. The zero-order valence-electron chi connectivity index (χ0n) is 8.29. The fourth-order valence-electron chi connectivity index (χ4n) is 1.73. The Morgan fingerprint density at radius 2 is 1.62 bits per heavy atom. The third-order valence-electron chi connectivity index (χ3n) is 2.47. The topological polar surface area (TPSA) is 77.8 Å². The molecule has 0 aliphatic rings. The molecule has 0 radical (unpaired) electrons. The first kappa shape index (κ1) is 10.7. The Bertz CT molecular complexity index is 551. The number of rotatable bonds is 2. The maximum absolute atomic E-state index is 11.0. The van der Waals surface area contributed by atoms with Gasteiger partial charge in [0.25, 0.3) is 0 Å². The highest BCUT2D eigenvalue weighted by Crippen LogP contribution is 2.17. The lowest BCUT2D eigenvalue weighted by Crippen LogP contribution is -2.30. The average Bonchev–Trinajstić information content (AvgIpc) is 2.27. The minimum atomic E-state index is -1.60. The Labute approximate surface area is 91.9 Å². The van der Waals surface area contributed by atoms with Crippen LogP contribution in [0.2, 0.25) is 0 Å². The molecule has 0 bridgehead atoms. The van der Waals surface area contributed by atoms with Crippen LogP contribution in [-0.4, -0.2) is 28.2 Å². The fourth-order valence-corrected chi connectivity index (χ4v) is 1.73. The quantitative estimate of drug-likeness (QED) is 0.627. The van der Waals surface area contributed by atoms with Gasteiger partial charge in [0.1, 0.15) is 0 Å². The largest absolute Gasteiger partial charge is 0.489 e. The summed E-state index contributed by atoms with van der Waals surface area (Å²) in [4.78, 5) is 11.0. The molecular weight excluding hydrogens is 207 g/mol. The number of aromatic carboxylic acids is 1. The summed E-state index contributed by atoms with van der Waals surface area (Å²) >= 11 is 0. The van der Waals surface area contributed by atoms with Crippen molar-refractivity contribution in [2.24, 2.45) is 0 Å². The molecule has 2 aromatic carbocycles. The van der Waals surface area contributed by atoms with Gasteiger partial charge in [-0.2, -0.15) is 0 Å². The van der Waals surface area contributed by atoms with Gasteiger partial charge in [0, 0.05) is 0 Å². The molecule has 5 heteroatoms. The minimum Gasteiger partial charge on any atom is -0.478 e. The third-order valence-corrected chi connectivity index (χ3v) is 2.47. The van der Waals surface area contributed by atoms with Gasteiger partial charge < -0.3 is 15.2 Å². The van der Waals surface area contributed by atoms with E-state index in [1.807, 2.05) is 0 Å². The Hall–Kier alpha value is -1.85. The van der Waals surface area contributed by atoms with E-state index in [2.05, 4.69) is 0 Å². The van der Waals surface area contributed by atoms with Crippen molar-refractivity contribution in [2.75, 3.05) is 0 Å². The van der Waals surface area contributed by atoms with Gasteiger partial charge in [0.05, 0.1) is 5.56 Å². The van der Waals surface area contributed by atoms with Crippen LogP contribution in [0.5, 0.6) is 0 Å². The lowest BCUT2D eigenvalue weighted by Gasteiger charge is -2.07. The van der Waals surface area contributed by atoms with Crippen molar-refractivity contribution in [3.05, 3.63) is 42.0 Å². The van der Waals surface area contributed by atoms with Crippen molar-refractivity contribution in [1.82, 2.24) is 0 Å². The van der Waals surface area contributed by atoms with Crippen LogP contribution in [0.25, 0.3) is 10.8 Å². The van der Waals surface area contributed by atoms with Gasteiger partial charge in [-0.25, -0.2) is 4.79 Å². The average molecular weight is 216 g/mol. The molecular formula is C11H9BO4. The maximum Gasteiger partial charge on any atom is 0.489 e. The van der Waals surface area contributed by atoms with Crippen molar-refractivity contribution in [1.29, 1.82) is 0 Å². The van der Waals surface area contributed by atoms with E-state index in [-0.39, 0.29) is 5.56 Å². The van der Waals surface area contributed by atoms with Crippen molar-refractivity contribution >= 4 is 29.3 Å². The molecule has 4 nitrogen and oxygen atoms in total. The summed E-state index contributed by atoms with van der Waals surface area (Å²) < 4.78 is 0. The molecule has 0 amide bonds. The van der Waals surface area contributed by atoms with Crippen LogP contribution in [0.3, 0.4) is 0 Å². The first-order valence-corrected chi connectivity index (χ1v) is 4.72. The van der Waals surface area contributed by atoms with Gasteiger partial charge in [-0.15, -0.1) is 0 Å². The number of carboxylic acid groups (broad SMARTS) is 1. The number of hydrogen-bond acceptors (Lipinski definition) is 3. The van der Waals surface area contributed by atoms with Crippen LogP contribution in [0, 0.1) is 0 Å². The van der Waals surface area contributed by atoms with E-state index in [4.69, 9.17) is 15.2 Å². The highest BCUT2D eigenvalue weighted by Gasteiger charge is 2.17. The second-order valence-electron chi connectivity index (χ2n) is 3.43. The Kier molecular flexibility index (Phi) is 2.64. The zero-order valence-corrected chi connectivity index (χ0v) is 8.29. The minimum absolute atomic E-state index is 0.153. The molecule has 0 atom stereocenters. The second-order valence-corrected chi connectivity index (χ2v) is 3.43. The summed E-state index contributed by atoms with van der Waals surface area (Å²) in [6.45, 7) is 0. The van der Waals surface area contributed by atoms with E-state index in [9.17, 15) is 4.79 Å². The van der Waals surface area contributed by atoms with Crippen LogP contribution in [-0.2, 0) is 0 Å². The third kappa shape index (κ3) is 1.66. The number of fused-ring (bicyclic) bond motifs is 1. The Morgan fingerprint density at radius 1 is 1.00 bits per heavy atom. The number of hydrogen-bond donors (Lipinski definition) is 3. The predicted molar refractivity (Wildman–Crippen MR) is 60.7 cm³/mol. The summed E-state index contributed by atoms with van der Waals surface area (Å²) in [5.41, 5.74) is 0.459. The Morgan fingerprint density at radius 3 is 2.19 bits per heavy atom. The van der Waals surface area contributed by atoms with E-state index in [1.165, 1.54) is 12.1 Å². The molecule has 0 aromatic heterocycles. The summed E-state index contributed by atoms with van der Waals surface area (Å²) in [5.74, 6) is -1.03. The van der Waals surface area contributed by atoms with E-state index >= 15 is 0 Å². The second kappa shape index (κ2) is 3.96. The number of carboxylic acids is 1. The molecule has 0 heterocycles. The first-order chi connectivity index (χ1) is 7.61. The van der Waals surface area contributed by atoms with Crippen LogP contribution >= 0.6 is 0 Å². The summed E-state index contributed by atoms with van der Waals surface area (Å²) in [7, 11) is -1.60. The van der Waals surface area contributed by atoms with Crippen molar-refractivity contribution < 1.29 is 19.9 Å². The fraction of sp³-hybridized carbons (Fsp3) is 0. The molecule has 80 valence electrons. The number of benzene rings is 2. The molecule has 2 rings (SSSR count). The SMILES string of the molecule is O=C(O)c1ccc(B(O)O)c2ccccc12. The van der Waals surface area contributed by atoms with Crippen LogP contribution in [0.1, 0.15) is 10.4 Å². The van der Waals surface area contributed by atoms with E-state index in [1.54, 1.807) is 24.3 Å². The molecule has 0 saturated carbocycles. The van der Waals surface area contributed by atoms with Crippen LogP contribution < -0.4 is 5.46 Å². The van der Waals surface area contributed by atoms with Crippen LogP contribution in [0.4, 0.5) is 0 Å². The maximum atomic E-state index is 11.0. The monoisotopic (exact) mass is 216 g/mol. The molecule has 2 aromatic rings. The molecule has 3 N–H and O–H groups in total. The van der Waals surface area contributed by atoms with E-state index in [0.717, 1.165) is 0 Å². The summed E-state index contributed by atoms with van der Waals surface area (Å²) in [6.07, 6.45) is 0. The standard InChI is InChI=1S/C11H9BO4/c13-11(14)9-5-6-10(12(15)16)8-4-2-1-3-7(8)9/h1-6,15-16H,(H,13,14). The highest BCUT2D eigenvalue weighted by atomic mass is 16.4. The van der Waals surface area contributed by atoms with Crippen LogP contribution in [0.15, 0.2) is 36.4 Å². The van der Waals surface area contributed by atoms with Gasteiger partial charge in [-0.1, -0.05) is 30.3 Å². The van der Waals surface area contributed by atoms with Gasteiger partial charge in [0.15, 0.2) is 0 Å². The van der Waals surface area contributed by atoms with Gasteiger partial charge >= 0.3 is 13.1 Å². The van der Waals surface area contributed by atoms with E-state index < -0.39 is 13.1 Å². The van der Waals surface area contributed by atoms with Gasteiger partial charge in [0.2, 0.25) is 0 Å².